The Morgan fingerprint density at radius 2 is 1.73 bits per heavy atom. The lowest BCUT2D eigenvalue weighted by atomic mass is 9.96. The number of para-hydroxylation sites is 1. The van der Waals surface area contributed by atoms with Gasteiger partial charge >= 0.3 is 6.18 Å². The van der Waals surface area contributed by atoms with Crippen LogP contribution in [0.15, 0.2) is 41.3 Å². The van der Waals surface area contributed by atoms with Crippen molar-refractivity contribution >= 4 is 15.7 Å². The highest BCUT2D eigenvalue weighted by molar-refractivity contribution is 7.89. The van der Waals surface area contributed by atoms with E-state index in [4.69, 9.17) is 0 Å². The SMILES string of the molecule is Cc1cc(C)c(S(=O)(=O)NC(CN2c3ccccc3CCC2C)C(F)(F)F)c(C)c1. The summed E-state index contributed by atoms with van der Waals surface area (Å²) < 4.78 is 69.7. The first kappa shape index (κ1) is 22.6. The van der Waals surface area contributed by atoms with Crippen LogP contribution < -0.4 is 9.62 Å². The first-order chi connectivity index (χ1) is 13.9. The summed E-state index contributed by atoms with van der Waals surface area (Å²) in [6, 6.07) is 8.31. The fourth-order valence-corrected chi connectivity index (χ4v) is 5.95. The van der Waals surface area contributed by atoms with Crippen LogP contribution in [0.5, 0.6) is 0 Å². The van der Waals surface area contributed by atoms with E-state index in [2.05, 4.69) is 0 Å². The molecular formula is C22H27F3N2O2S. The summed E-state index contributed by atoms with van der Waals surface area (Å²) >= 11 is 0. The molecule has 0 bridgehead atoms. The molecule has 8 heteroatoms. The number of hydrogen-bond donors (Lipinski definition) is 1. The average Bonchev–Trinajstić information content (AvgIpc) is 2.61. The molecule has 1 N–H and O–H groups in total. The van der Waals surface area contributed by atoms with Gasteiger partial charge < -0.3 is 4.90 Å². The van der Waals surface area contributed by atoms with Crippen molar-refractivity contribution in [2.24, 2.45) is 0 Å². The van der Waals surface area contributed by atoms with Crippen LogP contribution in [0.2, 0.25) is 0 Å². The Kier molecular flexibility index (Phi) is 6.20. The van der Waals surface area contributed by atoms with Crippen LogP contribution in [0.4, 0.5) is 18.9 Å². The van der Waals surface area contributed by atoms with Gasteiger partial charge in [0.05, 0.1) is 4.90 Å². The maximum Gasteiger partial charge on any atom is 0.406 e. The number of sulfonamides is 1. The number of alkyl halides is 3. The van der Waals surface area contributed by atoms with Gasteiger partial charge in [0.1, 0.15) is 6.04 Å². The lowest BCUT2D eigenvalue weighted by Gasteiger charge is -2.39. The number of rotatable bonds is 5. The lowest BCUT2D eigenvalue weighted by molar-refractivity contribution is -0.149. The number of fused-ring (bicyclic) bond motifs is 1. The van der Waals surface area contributed by atoms with Gasteiger partial charge in [-0.05, 0) is 63.3 Å². The second-order valence-corrected chi connectivity index (χ2v) is 9.76. The summed E-state index contributed by atoms with van der Waals surface area (Å²) in [6.45, 7) is 6.40. The molecule has 0 fully saturated rings. The number of nitrogens with one attached hydrogen (secondary N) is 1. The van der Waals surface area contributed by atoms with Gasteiger partial charge in [-0.15, -0.1) is 0 Å². The highest BCUT2D eigenvalue weighted by Crippen LogP contribution is 2.33. The molecule has 4 nitrogen and oxygen atoms in total. The molecule has 30 heavy (non-hydrogen) atoms. The molecule has 1 aliphatic rings. The van der Waals surface area contributed by atoms with Gasteiger partial charge in [-0.25, -0.2) is 8.42 Å². The summed E-state index contributed by atoms with van der Waals surface area (Å²) in [5.41, 5.74) is 3.42. The highest BCUT2D eigenvalue weighted by atomic mass is 32.2. The molecule has 0 aromatic heterocycles. The van der Waals surface area contributed by atoms with Crippen molar-refractivity contribution in [3.05, 3.63) is 58.7 Å². The van der Waals surface area contributed by atoms with E-state index in [9.17, 15) is 21.6 Å². The number of hydrogen-bond acceptors (Lipinski definition) is 3. The van der Waals surface area contributed by atoms with E-state index in [0.717, 1.165) is 23.2 Å². The molecule has 0 aliphatic carbocycles. The molecule has 2 aromatic carbocycles. The van der Waals surface area contributed by atoms with E-state index in [-0.39, 0.29) is 10.9 Å². The van der Waals surface area contributed by atoms with Gasteiger partial charge in [0.25, 0.3) is 0 Å². The molecule has 0 radical (unpaired) electrons. The summed E-state index contributed by atoms with van der Waals surface area (Å²) in [4.78, 5) is 1.57. The highest BCUT2D eigenvalue weighted by Gasteiger charge is 2.44. The standard InChI is InChI=1S/C22H27F3N2O2S/c1-14-11-15(2)21(16(3)12-14)30(28,29)26-20(22(23,24)25)13-27-17(4)9-10-18-7-5-6-8-19(18)27/h5-8,11-12,17,20,26H,9-10,13H2,1-4H3. The number of anilines is 1. The van der Waals surface area contributed by atoms with E-state index < -0.39 is 28.8 Å². The zero-order valence-electron chi connectivity index (χ0n) is 17.5. The topological polar surface area (TPSA) is 49.4 Å². The van der Waals surface area contributed by atoms with Crippen LogP contribution in [0.1, 0.15) is 35.6 Å². The van der Waals surface area contributed by atoms with Crippen molar-refractivity contribution in [1.82, 2.24) is 4.72 Å². The van der Waals surface area contributed by atoms with E-state index in [1.165, 1.54) is 0 Å². The summed E-state index contributed by atoms with van der Waals surface area (Å²) in [5.74, 6) is 0. The van der Waals surface area contributed by atoms with Crippen molar-refractivity contribution in [2.75, 3.05) is 11.4 Å². The van der Waals surface area contributed by atoms with Crippen molar-refractivity contribution in [1.29, 1.82) is 0 Å². The quantitative estimate of drug-likeness (QED) is 0.736. The van der Waals surface area contributed by atoms with Crippen molar-refractivity contribution in [3.63, 3.8) is 0 Å². The lowest BCUT2D eigenvalue weighted by Crippen LogP contribution is -2.54. The Morgan fingerprint density at radius 1 is 1.13 bits per heavy atom. The Morgan fingerprint density at radius 3 is 2.33 bits per heavy atom. The normalized spacial score (nSPS) is 18.2. The van der Waals surface area contributed by atoms with Crippen LogP contribution in [0.3, 0.4) is 0 Å². The Labute approximate surface area is 176 Å². The largest absolute Gasteiger partial charge is 0.406 e. The maximum atomic E-state index is 13.9. The van der Waals surface area contributed by atoms with Crippen LogP contribution in [0, 0.1) is 20.8 Å². The summed E-state index contributed by atoms with van der Waals surface area (Å²) in [7, 11) is -4.36. The molecule has 0 amide bonds. The molecule has 0 saturated carbocycles. The first-order valence-electron chi connectivity index (χ1n) is 9.91. The maximum absolute atomic E-state index is 13.9. The Balaban J connectivity index is 1.95. The molecular weight excluding hydrogens is 413 g/mol. The third-order valence-corrected chi connectivity index (χ3v) is 7.39. The minimum absolute atomic E-state index is 0.0885. The molecule has 1 aliphatic heterocycles. The van der Waals surface area contributed by atoms with E-state index >= 15 is 0 Å². The van der Waals surface area contributed by atoms with Gasteiger partial charge in [-0.3, -0.25) is 0 Å². The Bertz CT molecular complexity index is 1010. The smallest absolute Gasteiger partial charge is 0.367 e. The zero-order valence-corrected chi connectivity index (χ0v) is 18.4. The second kappa shape index (κ2) is 8.23. The van der Waals surface area contributed by atoms with Gasteiger partial charge in [0, 0.05) is 18.3 Å². The molecule has 2 unspecified atom stereocenters. The van der Waals surface area contributed by atoms with Gasteiger partial charge in [0.2, 0.25) is 10.0 Å². The van der Waals surface area contributed by atoms with Gasteiger partial charge in [-0.2, -0.15) is 17.9 Å². The average molecular weight is 441 g/mol. The van der Waals surface area contributed by atoms with Crippen LogP contribution in [-0.4, -0.2) is 33.2 Å². The van der Waals surface area contributed by atoms with Crippen LogP contribution in [0.25, 0.3) is 0 Å². The van der Waals surface area contributed by atoms with Crippen LogP contribution >= 0.6 is 0 Å². The van der Waals surface area contributed by atoms with Gasteiger partial charge in [-0.1, -0.05) is 35.9 Å². The molecule has 0 spiro atoms. The number of nitrogens with zero attached hydrogens (tertiary/aromatic N) is 1. The third kappa shape index (κ3) is 4.64. The van der Waals surface area contributed by atoms with E-state index in [0.29, 0.717) is 17.5 Å². The molecule has 2 aromatic rings. The third-order valence-electron chi connectivity index (χ3n) is 5.61. The predicted molar refractivity (Wildman–Crippen MR) is 112 cm³/mol. The molecule has 3 rings (SSSR count). The molecule has 0 saturated heterocycles. The fourth-order valence-electron chi connectivity index (χ4n) is 4.28. The van der Waals surface area contributed by atoms with Crippen molar-refractivity contribution in [3.8, 4) is 0 Å². The van der Waals surface area contributed by atoms with Crippen molar-refractivity contribution < 1.29 is 21.6 Å². The van der Waals surface area contributed by atoms with E-state index in [1.54, 1.807) is 43.0 Å². The molecule has 164 valence electrons. The monoisotopic (exact) mass is 440 g/mol. The van der Waals surface area contributed by atoms with Crippen molar-refractivity contribution in [2.45, 2.75) is 63.7 Å². The first-order valence-corrected chi connectivity index (χ1v) is 11.4. The fraction of sp³-hybridized carbons (Fsp3) is 0.455. The molecule has 1 heterocycles. The van der Waals surface area contributed by atoms with Gasteiger partial charge in [0.15, 0.2) is 0 Å². The minimum Gasteiger partial charge on any atom is -0.367 e. The number of halogens is 3. The second-order valence-electron chi connectivity index (χ2n) is 8.11. The Hall–Kier alpha value is -2.06. The summed E-state index contributed by atoms with van der Waals surface area (Å²) in [6.07, 6.45) is -3.23. The predicted octanol–water partition coefficient (Wildman–Crippen LogP) is 4.66. The molecule has 2 atom stereocenters. The number of aryl methyl sites for hydroxylation is 4. The number of benzene rings is 2. The zero-order chi connectivity index (χ0) is 22.3. The van der Waals surface area contributed by atoms with Crippen LogP contribution in [-0.2, 0) is 16.4 Å². The summed E-state index contributed by atoms with van der Waals surface area (Å²) in [5, 5.41) is 0. The van der Waals surface area contributed by atoms with E-state index in [1.807, 2.05) is 30.7 Å². The minimum atomic E-state index is -4.73.